The Bertz CT molecular complexity index is 538. The summed E-state index contributed by atoms with van der Waals surface area (Å²) in [4.78, 5) is 13.0. The zero-order chi connectivity index (χ0) is 14.4. The lowest BCUT2D eigenvalue weighted by Crippen LogP contribution is -2.26. The number of thiophene rings is 1. The van der Waals surface area contributed by atoms with Crippen LogP contribution in [0.4, 0.5) is 5.69 Å². The summed E-state index contributed by atoms with van der Waals surface area (Å²) in [6.07, 6.45) is 0. The van der Waals surface area contributed by atoms with Gasteiger partial charge in [0.2, 0.25) is 0 Å². The minimum Gasteiger partial charge on any atom is -0.395 e. The van der Waals surface area contributed by atoms with Crippen molar-refractivity contribution in [3.05, 3.63) is 52.2 Å². The van der Waals surface area contributed by atoms with Crippen LogP contribution in [0, 0.1) is 0 Å². The molecule has 106 valence electrons. The first-order chi connectivity index (χ1) is 9.70. The van der Waals surface area contributed by atoms with Crippen LogP contribution < -0.4 is 10.6 Å². The maximum Gasteiger partial charge on any atom is 0.251 e. The van der Waals surface area contributed by atoms with Gasteiger partial charge >= 0.3 is 0 Å². The highest BCUT2D eigenvalue weighted by molar-refractivity contribution is 7.10. The second kappa shape index (κ2) is 7.07. The highest BCUT2D eigenvalue weighted by Crippen LogP contribution is 2.23. The molecule has 3 N–H and O–H groups in total. The summed E-state index contributed by atoms with van der Waals surface area (Å²) in [5.41, 5.74) is 1.57. The third-order valence-corrected chi connectivity index (χ3v) is 3.95. The molecule has 0 saturated carbocycles. The Labute approximate surface area is 122 Å². The Balaban J connectivity index is 1.96. The van der Waals surface area contributed by atoms with Crippen molar-refractivity contribution in [1.82, 2.24) is 5.32 Å². The molecule has 4 nitrogen and oxygen atoms in total. The topological polar surface area (TPSA) is 61.4 Å². The third kappa shape index (κ3) is 3.82. The Kier molecular flexibility index (Phi) is 5.15. The average molecular weight is 290 g/mol. The molecule has 0 radical (unpaired) electrons. The predicted octanol–water partition coefficient (Wildman–Crippen LogP) is 2.64. The fourth-order valence-corrected chi connectivity index (χ4v) is 2.58. The van der Waals surface area contributed by atoms with Crippen LogP contribution in [-0.2, 0) is 0 Å². The van der Waals surface area contributed by atoms with Crippen LogP contribution in [0.2, 0.25) is 0 Å². The van der Waals surface area contributed by atoms with Crippen molar-refractivity contribution in [2.75, 3.05) is 18.5 Å². The number of aliphatic hydroxyl groups is 1. The summed E-state index contributed by atoms with van der Waals surface area (Å²) in [7, 11) is 0. The van der Waals surface area contributed by atoms with Crippen LogP contribution in [0.25, 0.3) is 0 Å². The van der Waals surface area contributed by atoms with E-state index in [4.69, 9.17) is 5.11 Å². The number of amides is 1. The number of carbonyl (C=O) groups excluding carboxylic acids is 1. The summed E-state index contributed by atoms with van der Waals surface area (Å²) in [5.74, 6) is -0.170. The molecule has 0 spiro atoms. The minimum absolute atomic E-state index is 0.0519. The first-order valence-corrected chi connectivity index (χ1v) is 7.37. The van der Waals surface area contributed by atoms with Crippen LogP contribution in [-0.4, -0.2) is 24.2 Å². The highest BCUT2D eigenvalue weighted by atomic mass is 32.1. The molecule has 0 saturated heterocycles. The van der Waals surface area contributed by atoms with E-state index in [1.165, 1.54) is 4.88 Å². The van der Waals surface area contributed by atoms with Crippen LogP contribution >= 0.6 is 11.3 Å². The maximum atomic E-state index is 11.7. The van der Waals surface area contributed by atoms with Gasteiger partial charge in [0.05, 0.1) is 12.6 Å². The van der Waals surface area contributed by atoms with E-state index in [2.05, 4.69) is 29.0 Å². The van der Waals surface area contributed by atoms with Crippen molar-refractivity contribution in [3.63, 3.8) is 0 Å². The van der Waals surface area contributed by atoms with Gasteiger partial charge in [0.25, 0.3) is 5.91 Å². The lowest BCUT2D eigenvalue weighted by molar-refractivity contribution is 0.0945. The van der Waals surface area contributed by atoms with Crippen molar-refractivity contribution in [2.24, 2.45) is 0 Å². The van der Waals surface area contributed by atoms with Crippen molar-refractivity contribution in [2.45, 2.75) is 13.0 Å². The summed E-state index contributed by atoms with van der Waals surface area (Å²) >= 11 is 1.72. The molecule has 1 aromatic heterocycles. The molecule has 0 aliphatic heterocycles. The third-order valence-electron chi connectivity index (χ3n) is 2.90. The smallest absolute Gasteiger partial charge is 0.251 e. The summed E-state index contributed by atoms with van der Waals surface area (Å²) in [6, 6.07) is 11.7. The monoisotopic (exact) mass is 290 g/mol. The molecule has 2 rings (SSSR count). The van der Waals surface area contributed by atoms with Crippen LogP contribution in [0.5, 0.6) is 0 Å². The molecule has 1 amide bonds. The molecule has 1 unspecified atom stereocenters. The van der Waals surface area contributed by atoms with Gasteiger partial charge in [-0.2, -0.15) is 0 Å². The van der Waals surface area contributed by atoms with Crippen molar-refractivity contribution < 1.29 is 9.90 Å². The molecule has 0 fully saturated rings. The molecule has 1 aromatic carbocycles. The van der Waals surface area contributed by atoms with Crippen LogP contribution in [0.1, 0.15) is 28.2 Å². The number of aliphatic hydroxyl groups excluding tert-OH is 1. The second-order valence-electron chi connectivity index (χ2n) is 4.44. The van der Waals surface area contributed by atoms with E-state index in [0.717, 1.165) is 5.69 Å². The number of carbonyl (C=O) groups is 1. The first-order valence-electron chi connectivity index (χ1n) is 6.50. The molecule has 1 heterocycles. The van der Waals surface area contributed by atoms with E-state index >= 15 is 0 Å². The van der Waals surface area contributed by atoms with E-state index in [1.807, 2.05) is 18.2 Å². The number of benzene rings is 1. The largest absolute Gasteiger partial charge is 0.395 e. The lowest BCUT2D eigenvalue weighted by Gasteiger charge is -2.14. The number of nitrogens with one attached hydrogen (secondary N) is 2. The highest BCUT2D eigenvalue weighted by Gasteiger charge is 2.07. The second-order valence-corrected chi connectivity index (χ2v) is 5.42. The van der Waals surface area contributed by atoms with E-state index in [9.17, 15) is 4.79 Å². The number of hydrogen-bond donors (Lipinski definition) is 3. The fourth-order valence-electron chi connectivity index (χ4n) is 1.85. The van der Waals surface area contributed by atoms with Gasteiger partial charge in [-0.05, 0) is 42.6 Å². The van der Waals surface area contributed by atoms with Gasteiger partial charge in [-0.15, -0.1) is 11.3 Å². The molecule has 0 aliphatic rings. The number of anilines is 1. The van der Waals surface area contributed by atoms with Crippen molar-refractivity contribution in [3.8, 4) is 0 Å². The molecule has 2 aromatic rings. The van der Waals surface area contributed by atoms with E-state index in [-0.39, 0.29) is 25.1 Å². The molecule has 0 bridgehead atoms. The number of hydrogen-bond acceptors (Lipinski definition) is 4. The lowest BCUT2D eigenvalue weighted by atomic mass is 10.1. The van der Waals surface area contributed by atoms with Gasteiger partial charge in [0.15, 0.2) is 0 Å². The molecule has 1 atom stereocenters. The standard InChI is InChI=1S/C15H18N2O2S/c1-11(14-3-2-10-20-14)17-13-6-4-12(5-7-13)15(19)16-8-9-18/h2-7,10-11,17-18H,8-9H2,1H3,(H,16,19). The summed E-state index contributed by atoms with van der Waals surface area (Å²) < 4.78 is 0. The normalized spacial score (nSPS) is 11.9. The average Bonchev–Trinajstić information content (AvgIpc) is 3.00. The summed E-state index contributed by atoms with van der Waals surface area (Å²) in [6.45, 7) is 2.33. The predicted molar refractivity (Wildman–Crippen MR) is 82.2 cm³/mol. The van der Waals surface area contributed by atoms with Gasteiger partial charge < -0.3 is 15.7 Å². The number of rotatable bonds is 6. The van der Waals surface area contributed by atoms with Gasteiger partial charge in [0.1, 0.15) is 0 Å². The zero-order valence-corrected chi connectivity index (χ0v) is 12.1. The van der Waals surface area contributed by atoms with Gasteiger partial charge in [-0.25, -0.2) is 0 Å². The Morgan fingerprint density at radius 2 is 2.05 bits per heavy atom. The van der Waals surface area contributed by atoms with Crippen molar-refractivity contribution >= 4 is 22.9 Å². The molecular formula is C15H18N2O2S. The molecule has 5 heteroatoms. The maximum absolute atomic E-state index is 11.7. The van der Waals surface area contributed by atoms with Gasteiger partial charge in [0, 0.05) is 22.7 Å². The SMILES string of the molecule is CC(Nc1ccc(C(=O)NCCO)cc1)c1cccs1. The van der Waals surface area contributed by atoms with E-state index in [1.54, 1.807) is 23.5 Å². The minimum atomic E-state index is -0.170. The molecule has 0 aliphatic carbocycles. The van der Waals surface area contributed by atoms with E-state index in [0.29, 0.717) is 5.56 Å². The van der Waals surface area contributed by atoms with Gasteiger partial charge in [-0.1, -0.05) is 6.07 Å². The van der Waals surface area contributed by atoms with Crippen LogP contribution in [0.3, 0.4) is 0 Å². The van der Waals surface area contributed by atoms with Crippen LogP contribution in [0.15, 0.2) is 41.8 Å². The van der Waals surface area contributed by atoms with Crippen molar-refractivity contribution in [1.29, 1.82) is 0 Å². The van der Waals surface area contributed by atoms with E-state index < -0.39 is 0 Å². The summed E-state index contributed by atoms with van der Waals surface area (Å²) in [5, 5.41) is 16.7. The Hall–Kier alpha value is -1.85. The Morgan fingerprint density at radius 1 is 1.30 bits per heavy atom. The zero-order valence-electron chi connectivity index (χ0n) is 11.3. The van der Waals surface area contributed by atoms with Gasteiger partial charge in [-0.3, -0.25) is 4.79 Å². The fraction of sp³-hybridized carbons (Fsp3) is 0.267. The quantitative estimate of drug-likeness (QED) is 0.766. The molecular weight excluding hydrogens is 272 g/mol. The molecule has 20 heavy (non-hydrogen) atoms. The Morgan fingerprint density at radius 3 is 2.65 bits per heavy atom. The first kappa shape index (κ1) is 14.6.